The molecule has 0 atom stereocenters. The third-order valence-corrected chi connectivity index (χ3v) is 1.54. The topological polar surface area (TPSA) is 78.9 Å². The number of hydrogen-bond acceptors (Lipinski definition) is 3. The van der Waals surface area contributed by atoms with Gasteiger partial charge in [-0.05, 0) is 24.3 Å². The van der Waals surface area contributed by atoms with Crippen molar-refractivity contribution in [3.05, 3.63) is 29.8 Å². The molecule has 0 saturated heterocycles. The first-order valence-electron chi connectivity index (χ1n) is 3.74. The third-order valence-electron chi connectivity index (χ3n) is 1.54. The Kier molecular flexibility index (Phi) is 2.87. The lowest BCUT2D eigenvalue weighted by Gasteiger charge is -2.01. The maximum Gasteiger partial charge on any atom is 0.248 e. The van der Waals surface area contributed by atoms with E-state index in [1.165, 1.54) is 0 Å². The van der Waals surface area contributed by atoms with E-state index in [0.717, 1.165) is 5.69 Å². The highest BCUT2D eigenvalue weighted by Gasteiger charge is 1.98. The van der Waals surface area contributed by atoms with Crippen LogP contribution >= 0.6 is 0 Å². The summed E-state index contributed by atoms with van der Waals surface area (Å²) in [6.45, 7) is 0.246. The van der Waals surface area contributed by atoms with Crippen LogP contribution in [0.5, 0.6) is 0 Å². The fourth-order valence-corrected chi connectivity index (χ4v) is 0.894. The van der Waals surface area contributed by atoms with Crippen molar-refractivity contribution in [1.29, 1.82) is 5.26 Å². The Balaban J connectivity index is 2.71. The van der Waals surface area contributed by atoms with Gasteiger partial charge in [0.25, 0.3) is 0 Å². The Morgan fingerprint density at radius 1 is 1.46 bits per heavy atom. The molecule has 1 amide bonds. The van der Waals surface area contributed by atoms with Crippen LogP contribution < -0.4 is 11.1 Å². The summed E-state index contributed by atoms with van der Waals surface area (Å²) in [4.78, 5) is 10.7. The molecule has 0 radical (unpaired) electrons. The maximum atomic E-state index is 10.7. The molecule has 0 saturated carbocycles. The standard InChI is InChI=1S/C9H9N3O/c10-5-6-12-8-3-1-7(2-4-8)9(11)13/h1-4,12H,6H2,(H2,11,13). The molecular weight excluding hydrogens is 166 g/mol. The van der Waals surface area contributed by atoms with Crippen LogP contribution in [-0.4, -0.2) is 12.5 Å². The van der Waals surface area contributed by atoms with E-state index < -0.39 is 5.91 Å². The van der Waals surface area contributed by atoms with Gasteiger partial charge >= 0.3 is 0 Å². The Morgan fingerprint density at radius 2 is 2.08 bits per heavy atom. The van der Waals surface area contributed by atoms with Crippen molar-refractivity contribution in [3.63, 3.8) is 0 Å². The molecule has 0 aromatic heterocycles. The van der Waals surface area contributed by atoms with Gasteiger partial charge in [0.2, 0.25) is 5.91 Å². The summed E-state index contributed by atoms with van der Waals surface area (Å²) < 4.78 is 0. The SMILES string of the molecule is N#CCNc1ccc(C(N)=O)cc1. The lowest BCUT2D eigenvalue weighted by Crippen LogP contribution is -2.10. The van der Waals surface area contributed by atoms with Gasteiger partial charge in [-0.1, -0.05) is 0 Å². The summed E-state index contributed by atoms with van der Waals surface area (Å²) in [5.74, 6) is -0.452. The number of anilines is 1. The summed E-state index contributed by atoms with van der Waals surface area (Å²) in [5.41, 5.74) is 6.31. The average molecular weight is 175 g/mol. The molecule has 0 spiro atoms. The quantitative estimate of drug-likeness (QED) is 0.664. The highest BCUT2D eigenvalue weighted by atomic mass is 16.1. The van der Waals surface area contributed by atoms with Gasteiger partial charge in [-0.2, -0.15) is 5.26 Å². The van der Waals surface area contributed by atoms with Crippen molar-refractivity contribution >= 4 is 11.6 Å². The van der Waals surface area contributed by atoms with Gasteiger partial charge in [-0.25, -0.2) is 0 Å². The number of rotatable bonds is 3. The molecular formula is C9H9N3O. The van der Waals surface area contributed by atoms with Crippen LogP contribution in [0, 0.1) is 11.3 Å². The number of carbonyl (C=O) groups excluding carboxylic acids is 1. The second-order valence-electron chi connectivity index (χ2n) is 2.45. The molecule has 66 valence electrons. The summed E-state index contributed by atoms with van der Waals surface area (Å²) in [6, 6.07) is 8.59. The Bertz CT molecular complexity index is 337. The Labute approximate surface area is 76.0 Å². The number of benzene rings is 1. The van der Waals surface area contributed by atoms with Gasteiger partial charge in [0.1, 0.15) is 6.54 Å². The molecule has 1 rings (SSSR count). The summed E-state index contributed by atoms with van der Waals surface area (Å²) in [5, 5.41) is 11.1. The second kappa shape index (κ2) is 4.12. The van der Waals surface area contributed by atoms with E-state index in [-0.39, 0.29) is 6.54 Å². The van der Waals surface area contributed by atoms with Crippen molar-refractivity contribution in [2.24, 2.45) is 5.73 Å². The number of primary amides is 1. The first-order chi connectivity index (χ1) is 6.24. The molecule has 3 N–H and O–H groups in total. The molecule has 0 heterocycles. The van der Waals surface area contributed by atoms with Crippen LogP contribution in [0.1, 0.15) is 10.4 Å². The second-order valence-corrected chi connectivity index (χ2v) is 2.45. The lowest BCUT2D eigenvalue weighted by atomic mass is 10.2. The van der Waals surface area contributed by atoms with E-state index in [9.17, 15) is 4.79 Å². The van der Waals surface area contributed by atoms with E-state index in [2.05, 4.69) is 5.32 Å². The maximum absolute atomic E-state index is 10.7. The van der Waals surface area contributed by atoms with Crippen molar-refractivity contribution in [2.45, 2.75) is 0 Å². The fourth-order valence-electron chi connectivity index (χ4n) is 0.894. The summed E-state index contributed by atoms with van der Waals surface area (Å²) in [7, 11) is 0. The Hall–Kier alpha value is -2.02. The zero-order chi connectivity index (χ0) is 9.68. The number of nitriles is 1. The first kappa shape index (κ1) is 9.07. The minimum Gasteiger partial charge on any atom is -0.372 e. The first-order valence-corrected chi connectivity index (χ1v) is 3.74. The van der Waals surface area contributed by atoms with Crippen LogP contribution in [0.25, 0.3) is 0 Å². The van der Waals surface area contributed by atoms with Crippen molar-refractivity contribution < 1.29 is 4.79 Å². The predicted molar refractivity (Wildman–Crippen MR) is 49.1 cm³/mol. The van der Waals surface area contributed by atoms with Crippen molar-refractivity contribution in [2.75, 3.05) is 11.9 Å². The molecule has 1 aromatic rings. The molecule has 0 aliphatic heterocycles. The number of carbonyl (C=O) groups is 1. The van der Waals surface area contributed by atoms with Crippen LogP contribution in [0.2, 0.25) is 0 Å². The predicted octanol–water partition coefficient (Wildman–Crippen LogP) is 0.721. The van der Waals surface area contributed by atoms with Gasteiger partial charge in [0, 0.05) is 11.3 Å². The summed E-state index contributed by atoms with van der Waals surface area (Å²) in [6.07, 6.45) is 0. The zero-order valence-corrected chi connectivity index (χ0v) is 6.95. The largest absolute Gasteiger partial charge is 0.372 e. The molecule has 4 nitrogen and oxygen atoms in total. The highest BCUT2D eigenvalue weighted by molar-refractivity contribution is 5.93. The van der Waals surface area contributed by atoms with Crippen LogP contribution in [-0.2, 0) is 0 Å². The fraction of sp³-hybridized carbons (Fsp3) is 0.111. The number of nitrogens with zero attached hydrogens (tertiary/aromatic N) is 1. The average Bonchev–Trinajstić information content (AvgIpc) is 2.15. The van der Waals surface area contributed by atoms with E-state index in [0.29, 0.717) is 5.56 Å². The third kappa shape index (κ3) is 2.49. The monoisotopic (exact) mass is 175 g/mol. The van der Waals surface area contributed by atoms with Crippen molar-refractivity contribution in [3.8, 4) is 6.07 Å². The van der Waals surface area contributed by atoms with Crippen LogP contribution in [0.3, 0.4) is 0 Å². The van der Waals surface area contributed by atoms with Crippen LogP contribution in [0.4, 0.5) is 5.69 Å². The molecule has 0 unspecified atom stereocenters. The molecule has 0 fully saturated rings. The van der Waals surface area contributed by atoms with Crippen molar-refractivity contribution in [1.82, 2.24) is 0 Å². The number of nitrogens with two attached hydrogens (primary N) is 1. The molecule has 0 aliphatic rings. The highest BCUT2D eigenvalue weighted by Crippen LogP contribution is 2.08. The molecule has 0 bridgehead atoms. The molecule has 0 aliphatic carbocycles. The number of nitrogens with one attached hydrogen (secondary N) is 1. The smallest absolute Gasteiger partial charge is 0.248 e. The normalized spacial score (nSPS) is 8.85. The molecule has 4 heteroatoms. The minimum absolute atomic E-state index is 0.246. The van der Waals surface area contributed by atoms with Gasteiger partial charge in [-0.15, -0.1) is 0 Å². The van der Waals surface area contributed by atoms with E-state index in [1.54, 1.807) is 24.3 Å². The zero-order valence-electron chi connectivity index (χ0n) is 6.95. The van der Waals surface area contributed by atoms with Crippen LogP contribution in [0.15, 0.2) is 24.3 Å². The number of hydrogen-bond donors (Lipinski definition) is 2. The number of amides is 1. The van der Waals surface area contributed by atoms with Gasteiger partial charge in [-0.3, -0.25) is 4.79 Å². The Morgan fingerprint density at radius 3 is 2.54 bits per heavy atom. The minimum atomic E-state index is -0.452. The van der Waals surface area contributed by atoms with Gasteiger partial charge < -0.3 is 11.1 Å². The molecule has 13 heavy (non-hydrogen) atoms. The van der Waals surface area contributed by atoms with Gasteiger partial charge in [0.15, 0.2) is 0 Å². The summed E-state index contributed by atoms with van der Waals surface area (Å²) >= 11 is 0. The van der Waals surface area contributed by atoms with E-state index in [1.807, 2.05) is 6.07 Å². The lowest BCUT2D eigenvalue weighted by molar-refractivity contribution is 0.100. The van der Waals surface area contributed by atoms with Gasteiger partial charge in [0.05, 0.1) is 6.07 Å². The van der Waals surface area contributed by atoms with E-state index in [4.69, 9.17) is 11.0 Å². The molecule has 1 aromatic carbocycles. The van der Waals surface area contributed by atoms with E-state index >= 15 is 0 Å².